The first-order valence-corrected chi connectivity index (χ1v) is 11.7. The molecule has 0 spiro atoms. The third-order valence-corrected chi connectivity index (χ3v) is 6.40. The zero-order valence-corrected chi connectivity index (χ0v) is 18.8. The van der Waals surface area contributed by atoms with E-state index in [4.69, 9.17) is 0 Å². The number of aromatic nitrogens is 2. The molecule has 0 aliphatic rings. The monoisotopic (exact) mass is 464 g/mol. The molecule has 0 saturated heterocycles. The largest absolute Gasteiger partial charge is 0.326 e. The van der Waals surface area contributed by atoms with Crippen LogP contribution in [0.5, 0.6) is 0 Å². The quantitative estimate of drug-likeness (QED) is 0.316. The predicted octanol–water partition coefficient (Wildman–Crippen LogP) is 4.20. The number of benzene rings is 2. The minimum Gasteiger partial charge on any atom is -0.326 e. The van der Waals surface area contributed by atoms with Crippen LogP contribution in [0.15, 0.2) is 76.0 Å². The molecule has 7 nitrogen and oxygen atoms in total. The lowest BCUT2D eigenvalue weighted by molar-refractivity contribution is -0.114. The maximum Gasteiger partial charge on any atom is 0.272 e. The molecule has 0 aliphatic carbocycles. The fourth-order valence-electron chi connectivity index (χ4n) is 3.11. The number of fused-ring (bicyclic) bond motifs is 1. The van der Waals surface area contributed by atoms with Gasteiger partial charge in [-0.1, -0.05) is 42.1 Å². The van der Waals surface area contributed by atoms with Crippen molar-refractivity contribution >= 4 is 56.5 Å². The Morgan fingerprint density at radius 1 is 1.00 bits per heavy atom. The van der Waals surface area contributed by atoms with Crippen LogP contribution < -0.4 is 16.2 Å². The fraction of sp³-hybridized carbons (Fsp3) is 0.130. The Kier molecular flexibility index (Phi) is 6.67. The van der Waals surface area contributed by atoms with E-state index in [1.807, 2.05) is 41.8 Å². The molecule has 9 heteroatoms. The molecule has 0 saturated carbocycles. The number of rotatable bonds is 7. The molecule has 0 atom stereocenters. The lowest BCUT2D eigenvalue weighted by Crippen LogP contribution is -2.24. The van der Waals surface area contributed by atoms with Crippen LogP contribution in [0.2, 0.25) is 0 Å². The van der Waals surface area contributed by atoms with Gasteiger partial charge < -0.3 is 10.6 Å². The van der Waals surface area contributed by atoms with Gasteiger partial charge in [-0.15, -0.1) is 11.3 Å². The minimum atomic E-state index is -0.215. The van der Waals surface area contributed by atoms with E-state index in [-0.39, 0.29) is 23.1 Å². The lowest BCUT2D eigenvalue weighted by Gasteiger charge is -2.12. The highest BCUT2D eigenvalue weighted by Crippen LogP contribution is 2.22. The number of hydrogen-bond acceptors (Lipinski definition) is 6. The smallest absolute Gasteiger partial charge is 0.272 e. The molecular weight excluding hydrogens is 444 g/mol. The second-order valence-electron chi connectivity index (χ2n) is 7.00. The number of nitrogens with one attached hydrogen (secondary N) is 2. The van der Waals surface area contributed by atoms with Gasteiger partial charge in [-0.3, -0.25) is 19.0 Å². The van der Waals surface area contributed by atoms with Crippen molar-refractivity contribution < 1.29 is 9.59 Å². The van der Waals surface area contributed by atoms with Crippen molar-refractivity contribution in [1.29, 1.82) is 0 Å². The zero-order valence-electron chi connectivity index (χ0n) is 17.2. The van der Waals surface area contributed by atoms with Gasteiger partial charge in [0, 0.05) is 18.3 Å². The molecule has 2 aromatic heterocycles. The molecule has 32 heavy (non-hydrogen) atoms. The SMILES string of the molecule is CC(=O)Nc1ccc(NC(=O)CSc2nc3ccsc3c(=O)n2Cc2ccccc2)cc1. The van der Waals surface area contributed by atoms with Crippen molar-refractivity contribution in [1.82, 2.24) is 9.55 Å². The summed E-state index contributed by atoms with van der Waals surface area (Å²) in [6.45, 7) is 1.82. The van der Waals surface area contributed by atoms with Crippen molar-refractivity contribution in [2.45, 2.75) is 18.6 Å². The summed E-state index contributed by atoms with van der Waals surface area (Å²) >= 11 is 2.59. The lowest BCUT2D eigenvalue weighted by atomic mass is 10.2. The summed E-state index contributed by atoms with van der Waals surface area (Å²) in [5.41, 5.74) is 2.79. The van der Waals surface area contributed by atoms with Crippen molar-refractivity contribution in [3.05, 3.63) is 82.0 Å². The van der Waals surface area contributed by atoms with Crippen LogP contribution in [0, 0.1) is 0 Å². The molecule has 4 rings (SSSR count). The molecule has 2 N–H and O–H groups in total. The first-order chi connectivity index (χ1) is 15.5. The number of thioether (sulfide) groups is 1. The first-order valence-electron chi connectivity index (χ1n) is 9.82. The average Bonchev–Trinajstić information content (AvgIpc) is 3.25. The Morgan fingerprint density at radius 3 is 2.38 bits per heavy atom. The van der Waals surface area contributed by atoms with Gasteiger partial charge in [0.25, 0.3) is 5.56 Å². The highest BCUT2D eigenvalue weighted by molar-refractivity contribution is 7.99. The van der Waals surface area contributed by atoms with Crippen LogP contribution in [-0.4, -0.2) is 27.1 Å². The Balaban J connectivity index is 1.49. The molecule has 0 bridgehead atoms. The van der Waals surface area contributed by atoms with Crippen LogP contribution in [0.25, 0.3) is 10.2 Å². The molecule has 162 valence electrons. The Labute approximate surface area is 192 Å². The standard InChI is InChI=1S/C23H20N4O3S2/c1-15(28)24-17-7-9-18(10-8-17)25-20(29)14-32-23-26-19-11-12-31-21(19)22(30)27(23)13-16-5-3-2-4-6-16/h2-12H,13-14H2,1H3,(H,24,28)(H,25,29). The molecule has 0 fully saturated rings. The second-order valence-corrected chi connectivity index (χ2v) is 8.86. The fourth-order valence-corrected chi connectivity index (χ4v) is 4.68. The van der Waals surface area contributed by atoms with Crippen LogP contribution in [-0.2, 0) is 16.1 Å². The number of amides is 2. The van der Waals surface area contributed by atoms with Crippen molar-refractivity contribution in [2.75, 3.05) is 16.4 Å². The number of carbonyl (C=O) groups is 2. The number of nitrogens with zero attached hydrogens (tertiary/aromatic N) is 2. The Hall–Kier alpha value is -3.43. The maximum absolute atomic E-state index is 13.0. The van der Waals surface area contributed by atoms with E-state index >= 15 is 0 Å². The summed E-state index contributed by atoms with van der Waals surface area (Å²) in [7, 11) is 0. The minimum absolute atomic E-state index is 0.102. The topological polar surface area (TPSA) is 93.1 Å². The van der Waals surface area contributed by atoms with E-state index in [9.17, 15) is 14.4 Å². The molecular formula is C23H20N4O3S2. The molecule has 2 amide bonds. The van der Waals surface area contributed by atoms with Crippen LogP contribution in [0.3, 0.4) is 0 Å². The van der Waals surface area contributed by atoms with Gasteiger partial charge >= 0.3 is 0 Å². The molecule has 0 radical (unpaired) electrons. The van der Waals surface area contributed by atoms with Gasteiger partial charge in [0.1, 0.15) is 4.70 Å². The summed E-state index contributed by atoms with van der Waals surface area (Å²) in [6, 6.07) is 18.4. The van der Waals surface area contributed by atoms with Gasteiger partial charge in [0.05, 0.1) is 17.8 Å². The van der Waals surface area contributed by atoms with Crippen LogP contribution in [0.1, 0.15) is 12.5 Å². The summed E-state index contributed by atoms with van der Waals surface area (Å²) in [5, 5.41) is 7.85. The molecule has 0 unspecified atom stereocenters. The van der Waals surface area contributed by atoms with E-state index in [0.717, 1.165) is 5.56 Å². The third kappa shape index (κ3) is 5.24. The molecule has 4 aromatic rings. The number of anilines is 2. The van der Waals surface area contributed by atoms with Crippen molar-refractivity contribution in [3.63, 3.8) is 0 Å². The van der Waals surface area contributed by atoms with Gasteiger partial charge in [0.15, 0.2) is 5.16 Å². The van der Waals surface area contributed by atoms with E-state index in [1.54, 1.807) is 28.8 Å². The van der Waals surface area contributed by atoms with Gasteiger partial charge in [-0.05, 0) is 41.3 Å². The number of carbonyl (C=O) groups excluding carboxylic acids is 2. The zero-order chi connectivity index (χ0) is 22.5. The van der Waals surface area contributed by atoms with E-state index in [2.05, 4.69) is 15.6 Å². The van der Waals surface area contributed by atoms with Gasteiger partial charge in [0.2, 0.25) is 11.8 Å². The Morgan fingerprint density at radius 2 is 1.69 bits per heavy atom. The van der Waals surface area contributed by atoms with Crippen LogP contribution >= 0.6 is 23.1 Å². The Bertz CT molecular complexity index is 1310. The normalized spacial score (nSPS) is 10.8. The van der Waals surface area contributed by atoms with Gasteiger partial charge in [-0.25, -0.2) is 4.98 Å². The van der Waals surface area contributed by atoms with E-state index in [1.165, 1.54) is 30.0 Å². The van der Waals surface area contributed by atoms with Gasteiger partial charge in [-0.2, -0.15) is 0 Å². The maximum atomic E-state index is 13.0. The van der Waals surface area contributed by atoms with Crippen molar-refractivity contribution in [3.8, 4) is 0 Å². The van der Waals surface area contributed by atoms with Crippen LogP contribution in [0.4, 0.5) is 11.4 Å². The number of thiophene rings is 1. The summed E-state index contributed by atoms with van der Waals surface area (Å²) in [4.78, 5) is 41.3. The summed E-state index contributed by atoms with van der Waals surface area (Å²) in [5.74, 6) is -0.271. The summed E-state index contributed by atoms with van der Waals surface area (Å²) in [6.07, 6.45) is 0. The second kappa shape index (κ2) is 9.80. The van der Waals surface area contributed by atoms with Crippen molar-refractivity contribution in [2.24, 2.45) is 0 Å². The molecule has 2 aromatic carbocycles. The number of hydrogen-bond donors (Lipinski definition) is 2. The summed E-state index contributed by atoms with van der Waals surface area (Å²) < 4.78 is 2.22. The first kappa shape index (κ1) is 21.8. The highest BCUT2D eigenvalue weighted by atomic mass is 32.2. The van der Waals surface area contributed by atoms with E-state index in [0.29, 0.717) is 33.3 Å². The predicted molar refractivity (Wildman–Crippen MR) is 130 cm³/mol. The van der Waals surface area contributed by atoms with E-state index < -0.39 is 0 Å². The molecule has 2 heterocycles. The highest BCUT2D eigenvalue weighted by Gasteiger charge is 2.15. The molecule has 0 aliphatic heterocycles. The average molecular weight is 465 g/mol. The third-order valence-electron chi connectivity index (χ3n) is 4.54.